The van der Waals surface area contributed by atoms with Gasteiger partial charge in [0.25, 0.3) is 0 Å². The Kier molecular flexibility index (Phi) is 2.46. The fourth-order valence-corrected chi connectivity index (χ4v) is 0.944. The fraction of sp³-hybridized carbons (Fsp3) is 0.143. The molecule has 8 heteroatoms. The first-order chi connectivity index (χ1) is 6.68. The maximum atomic E-state index is 12.9. The van der Waals surface area contributed by atoms with Crippen molar-refractivity contribution < 1.29 is 26.3 Å². The molecule has 15 heavy (non-hydrogen) atoms. The average Bonchev–Trinajstić information content (AvgIpc) is 2.09. The number of rotatable bonds is 0. The van der Waals surface area contributed by atoms with E-state index < -0.39 is 40.6 Å². The van der Waals surface area contributed by atoms with Crippen LogP contribution in [0.4, 0.5) is 37.7 Å². The lowest BCUT2D eigenvalue weighted by molar-refractivity contribution is -0.142. The molecule has 1 aromatic carbocycles. The zero-order chi connectivity index (χ0) is 12.0. The van der Waals surface area contributed by atoms with Crippen molar-refractivity contribution in [3.05, 3.63) is 23.0 Å². The third kappa shape index (κ3) is 1.66. The smallest absolute Gasteiger partial charge is 0.395 e. The van der Waals surface area contributed by atoms with Gasteiger partial charge in [-0.3, -0.25) is 0 Å². The van der Waals surface area contributed by atoms with E-state index in [0.717, 1.165) is 0 Å². The Balaban J connectivity index is 3.68. The van der Waals surface area contributed by atoms with Crippen molar-refractivity contribution >= 4 is 11.4 Å². The molecule has 2 nitrogen and oxygen atoms in total. The van der Waals surface area contributed by atoms with Gasteiger partial charge in [0.2, 0.25) is 0 Å². The summed E-state index contributed by atoms with van der Waals surface area (Å²) in [6.45, 7) is 0. The number of hydrogen-bond donors (Lipinski definition) is 2. The molecule has 0 unspecified atom stereocenters. The second-order valence-electron chi connectivity index (χ2n) is 2.64. The van der Waals surface area contributed by atoms with E-state index in [0.29, 0.717) is 0 Å². The van der Waals surface area contributed by atoms with Gasteiger partial charge in [-0.05, 0) is 0 Å². The van der Waals surface area contributed by atoms with E-state index in [9.17, 15) is 26.3 Å². The number of nitrogens with two attached hydrogens (primary N) is 2. The molecular weight excluding hydrogens is 226 g/mol. The van der Waals surface area contributed by atoms with Gasteiger partial charge >= 0.3 is 6.18 Å². The zero-order valence-corrected chi connectivity index (χ0v) is 6.92. The minimum Gasteiger partial charge on any atom is -0.395 e. The third-order valence-electron chi connectivity index (χ3n) is 1.68. The van der Waals surface area contributed by atoms with Gasteiger partial charge in [0, 0.05) is 0 Å². The van der Waals surface area contributed by atoms with Crippen LogP contribution in [0, 0.1) is 17.5 Å². The monoisotopic (exact) mass is 230 g/mol. The zero-order valence-electron chi connectivity index (χ0n) is 6.92. The van der Waals surface area contributed by atoms with Gasteiger partial charge in [0.1, 0.15) is 5.56 Å². The molecule has 0 amide bonds. The largest absolute Gasteiger partial charge is 0.422 e. The molecule has 0 radical (unpaired) electrons. The molecule has 0 atom stereocenters. The van der Waals surface area contributed by atoms with Gasteiger partial charge in [-0.25, -0.2) is 13.2 Å². The molecule has 0 aromatic heterocycles. The predicted molar refractivity (Wildman–Crippen MR) is 40.1 cm³/mol. The number of alkyl halides is 3. The van der Waals surface area contributed by atoms with E-state index in [4.69, 9.17) is 11.5 Å². The lowest BCUT2D eigenvalue weighted by atomic mass is 10.1. The van der Waals surface area contributed by atoms with E-state index in [1.54, 1.807) is 0 Å². The number of nitrogen functional groups attached to an aromatic ring is 2. The molecule has 84 valence electrons. The summed E-state index contributed by atoms with van der Waals surface area (Å²) in [4.78, 5) is 0. The van der Waals surface area contributed by atoms with E-state index in [1.165, 1.54) is 0 Å². The Bertz CT molecular complexity index is 382. The molecule has 0 saturated carbocycles. The SMILES string of the molecule is Nc1c(N)c(F)c(C(F)(F)F)c(F)c1F. The van der Waals surface area contributed by atoms with Crippen molar-refractivity contribution in [2.24, 2.45) is 0 Å². The van der Waals surface area contributed by atoms with Crippen LogP contribution in [0.3, 0.4) is 0 Å². The van der Waals surface area contributed by atoms with E-state index in [-0.39, 0.29) is 0 Å². The molecule has 0 saturated heterocycles. The first kappa shape index (κ1) is 11.5. The first-order valence-electron chi connectivity index (χ1n) is 3.46. The maximum absolute atomic E-state index is 12.9. The highest BCUT2D eigenvalue weighted by molar-refractivity contribution is 5.66. The standard InChI is InChI=1S/C7H4F6N2/c8-2-1(7(11,12)13)3(9)5(14)6(15)4(2)10/h14-15H2. The first-order valence-corrected chi connectivity index (χ1v) is 3.46. The highest BCUT2D eigenvalue weighted by atomic mass is 19.4. The van der Waals surface area contributed by atoms with Crippen molar-refractivity contribution in [3.63, 3.8) is 0 Å². The summed E-state index contributed by atoms with van der Waals surface area (Å²) in [6.07, 6.45) is -5.38. The molecule has 1 aromatic rings. The maximum Gasteiger partial charge on any atom is 0.422 e. The van der Waals surface area contributed by atoms with Gasteiger partial charge in [-0.15, -0.1) is 0 Å². The molecule has 1 rings (SSSR count). The molecule has 0 aliphatic rings. The van der Waals surface area contributed by atoms with Crippen LogP contribution in [-0.2, 0) is 6.18 Å². The minimum atomic E-state index is -5.38. The Morgan fingerprint density at radius 1 is 0.733 bits per heavy atom. The van der Waals surface area contributed by atoms with Crippen LogP contribution < -0.4 is 11.5 Å². The Morgan fingerprint density at radius 3 is 1.53 bits per heavy atom. The molecule has 0 aliphatic heterocycles. The molecule has 0 aliphatic carbocycles. The second kappa shape index (κ2) is 3.21. The predicted octanol–water partition coefficient (Wildman–Crippen LogP) is 2.29. The van der Waals surface area contributed by atoms with Crippen molar-refractivity contribution in [1.29, 1.82) is 0 Å². The summed E-state index contributed by atoms with van der Waals surface area (Å²) in [5.74, 6) is -6.52. The topological polar surface area (TPSA) is 52.0 Å². The van der Waals surface area contributed by atoms with Gasteiger partial charge in [0.05, 0.1) is 11.4 Å². The normalized spacial score (nSPS) is 11.9. The van der Waals surface area contributed by atoms with Gasteiger partial charge in [0.15, 0.2) is 17.5 Å². The highest BCUT2D eigenvalue weighted by Crippen LogP contribution is 2.39. The quantitative estimate of drug-likeness (QED) is 0.408. The van der Waals surface area contributed by atoms with Gasteiger partial charge in [-0.2, -0.15) is 13.2 Å². The average molecular weight is 230 g/mol. The Morgan fingerprint density at radius 2 is 1.13 bits per heavy atom. The van der Waals surface area contributed by atoms with Gasteiger partial charge < -0.3 is 11.5 Å². The second-order valence-corrected chi connectivity index (χ2v) is 2.64. The lowest BCUT2D eigenvalue weighted by Crippen LogP contribution is -2.16. The summed E-state index contributed by atoms with van der Waals surface area (Å²) in [7, 11) is 0. The minimum absolute atomic E-state index is 1.18. The van der Waals surface area contributed by atoms with Crippen molar-refractivity contribution in [2.75, 3.05) is 11.5 Å². The van der Waals surface area contributed by atoms with E-state index in [2.05, 4.69) is 0 Å². The Labute approximate surface area is 79.5 Å². The van der Waals surface area contributed by atoms with Crippen LogP contribution >= 0.6 is 0 Å². The molecule has 0 fully saturated rings. The summed E-state index contributed by atoms with van der Waals surface area (Å²) < 4.78 is 74.5. The molecule has 0 spiro atoms. The van der Waals surface area contributed by atoms with Crippen molar-refractivity contribution in [3.8, 4) is 0 Å². The van der Waals surface area contributed by atoms with Crippen molar-refractivity contribution in [2.45, 2.75) is 6.18 Å². The summed E-state index contributed by atoms with van der Waals surface area (Å²) in [5.41, 5.74) is 4.66. The van der Waals surface area contributed by atoms with Crippen LogP contribution in [0.5, 0.6) is 0 Å². The van der Waals surface area contributed by atoms with Crippen LogP contribution in [0.1, 0.15) is 5.56 Å². The van der Waals surface area contributed by atoms with Crippen LogP contribution in [0.15, 0.2) is 0 Å². The molecule has 0 bridgehead atoms. The van der Waals surface area contributed by atoms with Gasteiger partial charge in [-0.1, -0.05) is 0 Å². The summed E-state index contributed by atoms with van der Waals surface area (Å²) >= 11 is 0. The fourth-order valence-electron chi connectivity index (χ4n) is 0.944. The van der Waals surface area contributed by atoms with E-state index >= 15 is 0 Å². The highest BCUT2D eigenvalue weighted by Gasteiger charge is 2.41. The van der Waals surface area contributed by atoms with Crippen LogP contribution in [0.2, 0.25) is 0 Å². The van der Waals surface area contributed by atoms with Crippen molar-refractivity contribution in [1.82, 2.24) is 0 Å². The lowest BCUT2D eigenvalue weighted by Gasteiger charge is -2.13. The van der Waals surface area contributed by atoms with Crippen LogP contribution in [-0.4, -0.2) is 0 Å². The van der Waals surface area contributed by atoms with E-state index in [1.807, 2.05) is 0 Å². The number of hydrogen-bond acceptors (Lipinski definition) is 2. The molecule has 0 heterocycles. The number of halogens is 6. The van der Waals surface area contributed by atoms with Crippen LogP contribution in [0.25, 0.3) is 0 Å². The number of benzene rings is 1. The molecule has 4 N–H and O–H groups in total. The third-order valence-corrected chi connectivity index (χ3v) is 1.68. The summed E-state index contributed by atoms with van der Waals surface area (Å²) in [5, 5.41) is 0. The Hall–Kier alpha value is -1.60. The summed E-state index contributed by atoms with van der Waals surface area (Å²) in [6, 6.07) is 0. The number of anilines is 2. The molecular formula is C7H4F6N2.